The Morgan fingerprint density at radius 1 is 1.38 bits per heavy atom. The van der Waals surface area contributed by atoms with Crippen LogP contribution in [0.3, 0.4) is 0 Å². The van der Waals surface area contributed by atoms with E-state index in [1.807, 2.05) is 24.3 Å². The van der Waals surface area contributed by atoms with Gasteiger partial charge in [0.2, 0.25) is 0 Å². The first-order valence-corrected chi connectivity index (χ1v) is 7.98. The van der Waals surface area contributed by atoms with Gasteiger partial charge in [-0.3, -0.25) is 0 Å². The smallest absolute Gasteiger partial charge is 0.339 e. The van der Waals surface area contributed by atoms with E-state index in [1.165, 1.54) is 6.20 Å². The highest BCUT2D eigenvalue weighted by molar-refractivity contribution is 7.98. The molecule has 0 saturated heterocycles. The van der Waals surface area contributed by atoms with Gasteiger partial charge in [0.1, 0.15) is 5.82 Å². The van der Waals surface area contributed by atoms with Gasteiger partial charge in [0.15, 0.2) is 0 Å². The van der Waals surface area contributed by atoms with Crippen LogP contribution in [0, 0.1) is 0 Å². The van der Waals surface area contributed by atoms with Crippen LogP contribution < -0.4 is 0 Å². The Balaban J connectivity index is 1.78. The zero-order valence-electron chi connectivity index (χ0n) is 11.1. The molecule has 1 aliphatic carbocycles. The van der Waals surface area contributed by atoms with Crippen LogP contribution in [0.5, 0.6) is 0 Å². The van der Waals surface area contributed by atoms with Gasteiger partial charge in [0, 0.05) is 17.0 Å². The summed E-state index contributed by atoms with van der Waals surface area (Å²) in [5, 5.41) is 9.88. The lowest BCUT2D eigenvalue weighted by Gasteiger charge is -2.07. The quantitative estimate of drug-likeness (QED) is 0.844. The second kappa shape index (κ2) is 6.03. The molecule has 1 aliphatic rings. The highest BCUT2D eigenvalue weighted by Crippen LogP contribution is 2.40. The van der Waals surface area contributed by atoms with Crippen molar-refractivity contribution in [3.8, 4) is 0 Å². The van der Waals surface area contributed by atoms with E-state index < -0.39 is 5.97 Å². The van der Waals surface area contributed by atoms with E-state index in [-0.39, 0.29) is 11.5 Å². The Labute approximate surface area is 131 Å². The van der Waals surface area contributed by atoms with Crippen molar-refractivity contribution in [2.24, 2.45) is 0 Å². The molecule has 4 nitrogen and oxygen atoms in total. The molecule has 108 valence electrons. The standard InChI is InChI=1S/C15H13ClN2O2S/c16-11-3-1-2-4-12(11)21-8-13-17-7-10(15(19)20)14(18-13)9-5-6-9/h1-4,7,9H,5-6,8H2,(H,19,20). The second-order valence-corrected chi connectivity index (χ2v) is 6.31. The number of aromatic nitrogens is 2. The van der Waals surface area contributed by atoms with Crippen LogP contribution in [0.15, 0.2) is 35.4 Å². The summed E-state index contributed by atoms with van der Waals surface area (Å²) < 4.78 is 0. The third kappa shape index (κ3) is 3.36. The van der Waals surface area contributed by atoms with Crippen molar-refractivity contribution in [2.45, 2.75) is 29.4 Å². The summed E-state index contributed by atoms with van der Waals surface area (Å²) in [5.74, 6) is 0.542. The lowest BCUT2D eigenvalue weighted by molar-refractivity contribution is 0.0694. The molecule has 2 aromatic rings. The van der Waals surface area contributed by atoms with Crippen LogP contribution in [0.1, 0.15) is 40.6 Å². The Kier molecular flexibility index (Phi) is 4.12. The summed E-state index contributed by atoms with van der Waals surface area (Å²) in [6.07, 6.45) is 3.44. The molecule has 0 amide bonds. The lowest BCUT2D eigenvalue weighted by Crippen LogP contribution is -2.07. The molecule has 0 aliphatic heterocycles. The number of thioether (sulfide) groups is 1. The molecular weight excluding hydrogens is 308 g/mol. The van der Waals surface area contributed by atoms with E-state index in [0.717, 1.165) is 17.7 Å². The van der Waals surface area contributed by atoms with Gasteiger partial charge in [0.25, 0.3) is 0 Å². The van der Waals surface area contributed by atoms with Crippen molar-refractivity contribution >= 4 is 29.3 Å². The first kappa shape index (κ1) is 14.4. The van der Waals surface area contributed by atoms with Gasteiger partial charge >= 0.3 is 5.97 Å². The fraction of sp³-hybridized carbons (Fsp3) is 0.267. The topological polar surface area (TPSA) is 63.1 Å². The van der Waals surface area contributed by atoms with Crippen LogP contribution in [-0.4, -0.2) is 21.0 Å². The Morgan fingerprint density at radius 3 is 2.81 bits per heavy atom. The second-order valence-electron chi connectivity index (χ2n) is 4.88. The molecule has 1 aromatic heterocycles. The predicted molar refractivity (Wildman–Crippen MR) is 82.0 cm³/mol. The van der Waals surface area contributed by atoms with E-state index in [9.17, 15) is 9.90 Å². The van der Waals surface area contributed by atoms with Crippen molar-refractivity contribution in [1.29, 1.82) is 0 Å². The van der Waals surface area contributed by atoms with E-state index in [1.54, 1.807) is 11.8 Å². The Bertz CT molecular complexity index is 689. The molecule has 1 aromatic carbocycles. The fourth-order valence-corrected chi connectivity index (χ4v) is 3.14. The molecule has 1 fully saturated rings. The monoisotopic (exact) mass is 320 g/mol. The number of hydrogen-bond acceptors (Lipinski definition) is 4. The van der Waals surface area contributed by atoms with Crippen molar-refractivity contribution < 1.29 is 9.90 Å². The van der Waals surface area contributed by atoms with Crippen LogP contribution in [-0.2, 0) is 5.75 Å². The molecule has 21 heavy (non-hydrogen) atoms. The third-order valence-electron chi connectivity index (χ3n) is 3.26. The van der Waals surface area contributed by atoms with Gasteiger partial charge in [-0.2, -0.15) is 0 Å². The van der Waals surface area contributed by atoms with Gasteiger partial charge in [-0.1, -0.05) is 23.7 Å². The normalized spacial score (nSPS) is 14.1. The van der Waals surface area contributed by atoms with Crippen LogP contribution in [0.25, 0.3) is 0 Å². The predicted octanol–water partition coefficient (Wildman–Crippen LogP) is 4.00. The average molecular weight is 321 g/mol. The first-order valence-electron chi connectivity index (χ1n) is 6.61. The number of benzene rings is 1. The number of hydrogen-bond donors (Lipinski definition) is 1. The number of carboxylic acids is 1. The largest absolute Gasteiger partial charge is 0.478 e. The maximum absolute atomic E-state index is 11.2. The van der Waals surface area contributed by atoms with E-state index in [4.69, 9.17) is 11.6 Å². The molecule has 0 spiro atoms. The average Bonchev–Trinajstić information content (AvgIpc) is 3.30. The number of rotatable bonds is 5. The minimum Gasteiger partial charge on any atom is -0.478 e. The van der Waals surface area contributed by atoms with Gasteiger partial charge in [-0.05, 0) is 25.0 Å². The van der Waals surface area contributed by atoms with Gasteiger partial charge in [-0.25, -0.2) is 14.8 Å². The molecular formula is C15H13ClN2O2S. The summed E-state index contributed by atoms with van der Waals surface area (Å²) in [6.45, 7) is 0. The summed E-state index contributed by atoms with van der Waals surface area (Å²) in [5.41, 5.74) is 0.899. The molecule has 3 rings (SSSR count). The minimum absolute atomic E-state index is 0.226. The van der Waals surface area contributed by atoms with Crippen molar-refractivity contribution in [3.63, 3.8) is 0 Å². The number of aromatic carboxylic acids is 1. The molecule has 0 radical (unpaired) electrons. The van der Waals surface area contributed by atoms with Crippen molar-refractivity contribution in [3.05, 3.63) is 52.6 Å². The molecule has 0 bridgehead atoms. The number of nitrogens with zero attached hydrogens (tertiary/aromatic N) is 2. The van der Waals surface area contributed by atoms with Gasteiger partial charge < -0.3 is 5.11 Å². The highest BCUT2D eigenvalue weighted by atomic mass is 35.5. The van der Waals surface area contributed by atoms with Crippen molar-refractivity contribution in [1.82, 2.24) is 9.97 Å². The number of carbonyl (C=O) groups is 1. The summed E-state index contributed by atoms with van der Waals surface area (Å²) in [4.78, 5) is 20.8. The zero-order valence-corrected chi connectivity index (χ0v) is 12.7. The van der Waals surface area contributed by atoms with E-state index in [0.29, 0.717) is 22.3 Å². The summed E-state index contributed by atoms with van der Waals surface area (Å²) in [7, 11) is 0. The van der Waals surface area contributed by atoms with Gasteiger partial charge in [-0.15, -0.1) is 11.8 Å². The maximum Gasteiger partial charge on any atom is 0.339 e. The Hall–Kier alpha value is -1.59. The molecule has 1 N–H and O–H groups in total. The van der Waals surface area contributed by atoms with Crippen LogP contribution >= 0.6 is 23.4 Å². The van der Waals surface area contributed by atoms with E-state index in [2.05, 4.69) is 9.97 Å². The van der Waals surface area contributed by atoms with Crippen LogP contribution in [0.4, 0.5) is 0 Å². The van der Waals surface area contributed by atoms with E-state index >= 15 is 0 Å². The zero-order chi connectivity index (χ0) is 14.8. The maximum atomic E-state index is 11.2. The lowest BCUT2D eigenvalue weighted by atomic mass is 10.1. The summed E-state index contributed by atoms with van der Waals surface area (Å²) >= 11 is 7.66. The molecule has 1 heterocycles. The number of halogens is 1. The molecule has 0 unspecified atom stereocenters. The minimum atomic E-state index is -0.956. The highest BCUT2D eigenvalue weighted by Gasteiger charge is 2.30. The number of carboxylic acid groups (broad SMARTS) is 1. The fourth-order valence-electron chi connectivity index (χ4n) is 2.04. The Morgan fingerprint density at radius 2 is 2.14 bits per heavy atom. The third-order valence-corrected chi connectivity index (χ3v) is 4.77. The molecule has 6 heteroatoms. The molecule has 0 atom stereocenters. The first-order chi connectivity index (χ1) is 10.1. The summed E-state index contributed by atoms with van der Waals surface area (Å²) in [6, 6.07) is 7.60. The van der Waals surface area contributed by atoms with Crippen LogP contribution in [0.2, 0.25) is 5.02 Å². The SMILES string of the molecule is O=C(O)c1cnc(CSc2ccccc2Cl)nc1C1CC1. The van der Waals surface area contributed by atoms with Crippen molar-refractivity contribution in [2.75, 3.05) is 0 Å². The van der Waals surface area contributed by atoms with Gasteiger partial charge in [0.05, 0.1) is 22.0 Å². The molecule has 1 saturated carbocycles.